The molecule has 2 aliphatic rings. The first kappa shape index (κ1) is 21.6. The monoisotopic (exact) mass is 446 g/mol. The second-order valence-electron chi connectivity index (χ2n) is 8.26. The standard InChI is InChI=1S/C22H30N4O4S/c1-15-13-26(14-16(2)23-15)17-5-8-21(29-4)19(11-17)24-31(27,28)18-6-7-20-22(12-18)30-10-9-25(20)3/h5-8,11-12,15-16,23-24H,9-10,13-14H2,1-4H3/t15-,16+. The molecule has 0 radical (unpaired) electrons. The maximum atomic E-state index is 13.2. The Morgan fingerprint density at radius 2 is 1.87 bits per heavy atom. The molecule has 2 heterocycles. The minimum atomic E-state index is -3.83. The minimum Gasteiger partial charge on any atom is -0.495 e. The molecule has 4 rings (SSSR count). The van der Waals surface area contributed by atoms with Crippen LogP contribution in [0.15, 0.2) is 41.3 Å². The highest BCUT2D eigenvalue weighted by atomic mass is 32.2. The second kappa shape index (κ2) is 8.47. The fraction of sp³-hybridized carbons (Fsp3) is 0.455. The summed E-state index contributed by atoms with van der Waals surface area (Å²) >= 11 is 0. The Bertz CT molecular complexity index is 1050. The Balaban J connectivity index is 1.63. The minimum absolute atomic E-state index is 0.151. The molecule has 0 spiro atoms. The summed E-state index contributed by atoms with van der Waals surface area (Å²) in [6, 6.07) is 11.2. The van der Waals surface area contributed by atoms with E-state index >= 15 is 0 Å². The van der Waals surface area contributed by atoms with Gasteiger partial charge in [-0.2, -0.15) is 0 Å². The summed E-state index contributed by atoms with van der Waals surface area (Å²) in [6.07, 6.45) is 0. The Morgan fingerprint density at radius 3 is 2.58 bits per heavy atom. The zero-order valence-electron chi connectivity index (χ0n) is 18.4. The molecular weight excluding hydrogens is 416 g/mol. The zero-order chi connectivity index (χ0) is 22.2. The molecule has 2 atom stereocenters. The van der Waals surface area contributed by atoms with Crippen LogP contribution in [0.2, 0.25) is 0 Å². The lowest BCUT2D eigenvalue weighted by Crippen LogP contribution is -2.54. The van der Waals surface area contributed by atoms with Crippen molar-refractivity contribution in [2.24, 2.45) is 0 Å². The first-order valence-corrected chi connectivity index (χ1v) is 11.9. The molecule has 9 heteroatoms. The number of sulfonamides is 1. The molecule has 0 saturated carbocycles. The van der Waals surface area contributed by atoms with Crippen molar-refractivity contribution in [1.29, 1.82) is 0 Å². The van der Waals surface area contributed by atoms with Crippen LogP contribution in [0.1, 0.15) is 13.8 Å². The average Bonchev–Trinajstić information content (AvgIpc) is 2.72. The summed E-state index contributed by atoms with van der Waals surface area (Å²) < 4.78 is 40.1. The Hall–Kier alpha value is -2.65. The first-order chi connectivity index (χ1) is 14.8. The molecule has 1 fully saturated rings. The van der Waals surface area contributed by atoms with Gasteiger partial charge in [0.15, 0.2) is 0 Å². The predicted octanol–water partition coefficient (Wildman–Crippen LogP) is 2.51. The number of methoxy groups -OCH3 is 1. The number of fused-ring (bicyclic) bond motifs is 1. The highest BCUT2D eigenvalue weighted by Gasteiger charge is 2.24. The largest absolute Gasteiger partial charge is 0.495 e. The van der Waals surface area contributed by atoms with Gasteiger partial charge in [0.2, 0.25) is 0 Å². The number of hydrogen-bond acceptors (Lipinski definition) is 7. The van der Waals surface area contributed by atoms with Gasteiger partial charge in [-0.25, -0.2) is 8.42 Å². The molecule has 2 aromatic rings. The van der Waals surface area contributed by atoms with Gasteiger partial charge in [0, 0.05) is 44.0 Å². The SMILES string of the molecule is COc1ccc(N2C[C@@H](C)N[C@@H](C)C2)cc1NS(=O)(=O)c1ccc2c(c1)OCCN2C. The highest BCUT2D eigenvalue weighted by Crippen LogP contribution is 2.35. The van der Waals surface area contributed by atoms with Gasteiger partial charge in [-0.1, -0.05) is 0 Å². The summed E-state index contributed by atoms with van der Waals surface area (Å²) in [6.45, 7) is 7.27. The molecular formula is C22H30N4O4S. The van der Waals surface area contributed by atoms with Crippen LogP contribution in [-0.4, -0.2) is 60.9 Å². The Morgan fingerprint density at radius 1 is 1.13 bits per heavy atom. The summed E-state index contributed by atoms with van der Waals surface area (Å²) in [7, 11) is -0.333. The van der Waals surface area contributed by atoms with Crippen LogP contribution >= 0.6 is 0 Å². The Labute approximate surface area is 184 Å². The highest BCUT2D eigenvalue weighted by molar-refractivity contribution is 7.92. The van der Waals surface area contributed by atoms with Crippen molar-refractivity contribution in [1.82, 2.24) is 5.32 Å². The van der Waals surface area contributed by atoms with Gasteiger partial charge in [-0.05, 0) is 44.2 Å². The summed E-state index contributed by atoms with van der Waals surface area (Å²) in [5, 5.41) is 3.51. The van der Waals surface area contributed by atoms with Crippen molar-refractivity contribution < 1.29 is 17.9 Å². The van der Waals surface area contributed by atoms with E-state index in [-0.39, 0.29) is 4.90 Å². The number of hydrogen-bond donors (Lipinski definition) is 2. The van der Waals surface area contributed by atoms with Crippen molar-refractivity contribution in [3.05, 3.63) is 36.4 Å². The number of nitrogens with zero attached hydrogens (tertiary/aromatic N) is 2. The van der Waals surface area contributed by atoms with Gasteiger partial charge < -0.3 is 24.6 Å². The average molecular weight is 447 g/mol. The van der Waals surface area contributed by atoms with E-state index in [1.54, 1.807) is 24.3 Å². The lowest BCUT2D eigenvalue weighted by molar-refractivity contribution is 0.310. The van der Waals surface area contributed by atoms with Crippen molar-refractivity contribution in [2.75, 3.05) is 54.9 Å². The molecule has 0 bridgehead atoms. The number of benzene rings is 2. The Kier molecular flexibility index (Phi) is 5.90. The number of piperazine rings is 1. The number of rotatable bonds is 5. The van der Waals surface area contributed by atoms with Crippen molar-refractivity contribution in [3.8, 4) is 11.5 Å². The van der Waals surface area contributed by atoms with Gasteiger partial charge in [-0.15, -0.1) is 0 Å². The normalized spacial score (nSPS) is 21.3. The smallest absolute Gasteiger partial charge is 0.262 e. The van der Waals surface area contributed by atoms with E-state index in [0.29, 0.717) is 35.9 Å². The van der Waals surface area contributed by atoms with Gasteiger partial charge in [0.25, 0.3) is 10.0 Å². The van der Waals surface area contributed by atoms with Gasteiger partial charge in [-0.3, -0.25) is 4.72 Å². The van der Waals surface area contributed by atoms with Crippen LogP contribution in [0.5, 0.6) is 11.5 Å². The lowest BCUT2D eigenvalue weighted by atomic mass is 10.1. The maximum absolute atomic E-state index is 13.2. The fourth-order valence-corrected chi connectivity index (χ4v) is 5.30. The summed E-state index contributed by atoms with van der Waals surface area (Å²) in [5.74, 6) is 1.04. The van der Waals surface area contributed by atoms with E-state index in [1.807, 2.05) is 24.1 Å². The van der Waals surface area contributed by atoms with Gasteiger partial charge in [0.1, 0.15) is 18.1 Å². The van der Waals surface area contributed by atoms with Crippen molar-refractivity contribution in [3.63, 3.8) is 0 Å². The van der Waals surface area contributed by atoms with E-state index in [0.717, 1.165) is 31.0 Å². The maximum Gasteiger partial charge on any atom is 0.262 e. The zero-order valence-corrected chi connectivity index (χ0v) is 19.2. The van der Waals surface area contributed by atoms with Gasteiger partial charge >= 0.3 is 0 Å². The molecule has 0 aliphatic carbocycles. The number of ether oxygens (including phenoxy) is 2. The molecule has 1 saturated heterocycles. The third-order valence-corrected chi connectivity index (χ3v) is 7.05. The summed E-state index contributed by atoms with van der Waals surface area (Å²) in [4.78, 5) is 4.45. The fourth-order valence-electron chi connectivity index (χ4n) is 4.22. The van der Waals surface area contributed by atoms with Crippen molar-refractivity contribution in [2.45, 2.75) is 30.8 Å². The molecule has 2 aromatic carbocycles. The molecule has 31 heavy (non-hydrogen) atoms. The van der Waals surface area contributed by atoms with E-state index in [1.165, 1.54) is 7.11 Å². The third-order valence-electron chi connectivity index (χ3n) is 5.69. The summed E-state index contributed by atoms with van der Waals surface area (Å²) in [5.41, 5.74) is 2.25. The lowest BCUT2D eigenvalue weighted by Gasteiger charge is -2.38. The van der Waals surface area contributed by atoms with Crippen LogP contribution in [0.25, 0.3) is 0 Å². The van der Waals surface area contributed by atoms with Gasteiger partial charge in [0.05, 0.1) is 29.9 Å². The van der Waals surface area contributed by atoms with E-state index in [2.05, 4.69) is 28.8 Å². The molecule has 8 nitrogen and oxygen atoms in total. The number of nitrogens with one attached hydrogen (secondary N) is 2. The predicted molar refractivity (Wildman–Crippen MR) is 123 cm³/mol. The molecule has 0 aromatic heterocycles. The van der Waals surface area contributed by atoms with Crippen LogP contribution in [-0.2, 0) is 10.0 Å². The van der Waals surface area contributed by atoms with E-state index in [9.17, 15) is 8.42 Å². The van der Waals surface area contributed by atoms with Crippen LogP contribution < -0.4 is 29.3 Å². The second-order valence-corrected chi connectivity index (χ2v) is 9.95. The number of likely N-dealkylation sites (N-methyl/N-ethyl adjacent to an activating group) is 1. The van der Waals surface area contributed by atoms with Crippen LogP contribution in [0.4, 0.5) is 17.1 Å². The molecule has 2 N–H and O–H groups in total. The first-order valence-electron chi connectivity index (χ1n) is 10.5. The molecule has 0 unspecified atom stereocenters. The molecule has 0 amide bonds. The number of anilines is 3. The van der Waals surface area contributed by atoms with Crippen molar-refractivity contribution >= 4 is 27.1 Å². The quantitative estimate of drug-likeness (QED) is 0.730. The molecule has 168 valence electrons. The third kappa shape index (κ3) is 4.52. The van der Waals surface area contributed by atoms with Crippen LogP contribution in [0, 0.1) is 0 Å². The van der Waals surface area contributed by atoms with E-state index in [4.69, 9.17) is 9.47 Å². The molecule has 2 aliphatic heterocycles. The van der Waals surface area contributed by atoms with Crippen LogP contribution in [0.3, 0.4) is 0 Å². The van der Waals surface area contributed by atoms with E-state index < -0.39 is 10.0 Å². The topological polar surface area (TPSA) is 83.1 Å².